The number of aliphatic imine (C=N–C) groups is 1. The molecule has 5 nitrogen and oxygen atoms in total. The summed E-state index contributed by atoms with van der Waals surface area (Å²) in [5.41, 5.74) is 7.45. The number of nitrogens with one attached hydrogen (secondary N) is 1. The minimum atomic E-state index is -0.0192. The van der Waals surface area contributed by atoms with E-state index in [0.29, 0.717) is 18.1 Å². The number of fused-ring (bicyclic) bond motifs is 1. The molecule has 0 amide bonds. The van der Waals surface area contributed by atoms with Crippen molar-refractivity contribution in [2.24, 2.45) is 23.7 Å². The molecular formula is C17H22N4O. The topological polar surface area (TPSA) is 72.4 Å². The molecule has 2 aromatic rings. The van der Waals surface area contributed by atoms with Gasteiger partial charge in [-0.15, -0.1) is 0 Å². The number of para-hydroxylation sites is 1. The number of rotatable bonds is 4. The first-order chi connectivity index (χ1) is 10.6. The Morgan fingerprint density at radius 2 is 2.18 bits per heavy atom. The molecule has 3 rings (SSSR count). The van der Waals surface area contributed by atoms with E-state index in [1.165, 1.54) is 19.3 Å². The first kappa shape index (κ1) is 14.6. The Morgan fingerprint density at radius 1 is 1.41 bits per heavy atom. The van der Waals surface area contributed by atoms with Crippen LogP contribution in [-0.2, 0) is 13.6 Å². The van der Waals surface area contributed by atoms with E-state index in [-0.39, 0.29) is 5.56 Å². The summed E-state index contributed by atoms with van der Waals surface area (Å²) in [5.74, 6) is 1.14. The molecule has 0 saturated heterocycles. The van der Waals surface area contributed by atoms with E-state index in [2.05, 4.69) is 10.3 Å². The zero-order valence-electron chi connectivity index (χ0n) is 12.9. The zero-order valence-corrected chi connectivity index (χ0v) is 12.9. The SMILES string of the molecule is Cn1c(=O)c(CN=C(N)NCC2CCC2)cc2ccccc21. The molecule has 0 atom stereocenters. The van der Waals surface area contributed by atoms with Gasteiger partial charge in [0.1, 0.15) is 0 Å². The molecule has 1 aromatic carbocycles. The van der Waals surface area contributed by atoms with Gasteiger partial charge in [0.05, 0.1) is 12.1 Å². The molecule has 22 heavy (non-hydrogen) atoms. The molecule has 0 radical (unpaired) electrons. The van der Waals surface area contributed by atoms with Crippen LogP contribution in [0.15, 0.2) is 40.1 Å². The van der Waals surface area contributed by atoms with Gasteiger partial charge in [0, 0.05) is 19.2 Å². The Hall–Kier alpha value is -2.30. The highest BCUT2D eigenvalue weighted by atomic mass is 16.1. The van der Waals surface area contributed by atoms with Crippen LogP contribution in [0, 0.1) is 5.92 Å². The smallest absolute Gasteiger partial charge is 0.255 e. The van der Waals surface area contributed by atoms with Gasteiger partial charge in [-0.1, -0.05) is 24.6 Å². The fraction of sp³-hybridized carbons (Fsp3) is 0.412. The summed E-state index contributed by atoms with van der Waals surface area (Å²) in [6.45, 7) is 1.19. The lowest BCUT2D eigenvalue weighted by Crippen LogP contribution is -2.37. The van der Waals surface area contributed by atoms with Crippen molar-refractivity contribution in [1.82, 2.24) is 9.88 Å². The first-order valence-electron chi connectivity index (χ1n) is 7.76. The van der Waals surface area contributed by atoms with Crippen molar-refractivity contribution in [3.8, 4) is 0 Å². The fourth-order valence-corrected chi connectivity index (χ4v) is 2.77. The van der Waals surface area contributed by atoms with Gasteiger partial charge in [0.25, 0.3) is 5.56 Å². The van der Waals surface area contributed by atoms with Crippen LogP contribution in [0.25, 0.3) is 10.9 Å². The van der Waals surface area contributed by atoms with Gasteiger partial charge in [-0.25, -0.2) is 4.99 Å². The highest BCUT2D eigenvalue weighted by Gasteiger charge is 2.16. The predicted molar refractivity (Wildman–Crippen MR) is 89.9 cm³/mol. The van der Waals surface area contributed by atoms with Gasteiger partial charge in [0.15, 0.2) is 5.96 Å². The van der Waals surface area contributed by atoms with Crippen LogP contribution in [-0.4, -0.2) is 17.1 Å². The summed E-state index contributed by atoms with van der Waals surface area (Å²) in [7, 11) is 1.79. The largest absolute Gasteiger partial charge is 0.370 e. The van der Waals surface area contributed by atoms with Crippen molar-refractivity contribution >= 4 is 16.9 Å². The number of hydrogen-bond donors (Lipinski definition) is 2. The van der Waals surface area contributed by atoms with Gasteiger partial charge < -0.3 is 15.6 Å². The highest BCUT2D eigenvalue weighted by molar-refractivity contribution is 5.80. The molecule has 1 heterocycles. The average molecular weight is 298 g/mol. The summed E-state index contributed by atoms with van der Waals surface area (Å²) < 4.78 is 1.66. The number of aromatic nitrogens is 1. The van der Waals surface area contributed by atoms with Crippen LogP contribution in [0.1, 0.15) is 24.8 Å². The summed E-state index contributed by atoms with van der Waals surface area (Å²) >= 11 is 0. The number of aryl methyl sites for hydroxylation is 1. The lowest BCUT2D eigenvalue weighted by Gasteiger charge is -2.25. The van der Waals surface area contributed by atoms with Gasteiger partial charge in [-0.05, 0) is 36.3 Å². The van der Waals surface area contributed by atoms with Crippen LogP contribution >= 0.6 is 0 Å². The predicted octanol–water partition coefficient (Wildman–Crippen LogP) is 1.74. The summed E-state index contributed by atoms with van der Waals surface area (Å²) in [6.07, 6.45) is 3.85. The van der Waals surface area contributed by atoms with Crippen molar-refractivity contribution in [3.63, 3.8) is 0 Å². The Balaban J connectivity index is 1.75. The molecule has 1 aliphatic carbocycles. The van der Waals surface area contributed by atoms with Crippen molar-refractivity contribution < 1.29 is 0 Å². The third kappa shape index (κ3) is 2.98. The lowest BCUT2D eigenvalue weighted by atomic mass is 9.85. The molecule has 5 heteroatoms. The second-order valence-corrected chi connectivity index (χ2v) is 5.97. The van der Waals surface area contributed by atoms with Crippen molar-refractivity contribution in [2.75, 3.05) is 6.54 Å². The average Bonchev–Trinajstić information content (AvgIpc) is 2.48. The van der Waals surface area contributed by atoms with E-state index in [1.54, 1.807) is 11.6 Å². The van der Waals surface area contributed by atoms with E-state index in [1.807, 2.05) is 30.3 Å². The van der Waals surface area contributed by atoms with Crippen molar-refractivity contribution in [1.29, 1.82) is 0 Å². The molecular weight excluding hydrogens is 276 g/mol. The molecule has 116 valence electrons. The number of guanidine groups is 1. The van der Waals surface area contributed by atoms with E-state index in [0.717, 1.165) is 23.4 Å². The third-order valence-corrected chi connectivity index (χ3v) is 4.42. The van der Waals surface area contributed by atoms with E-state index in [4.69, 9.17) is 5.73 Å². The summed E-state index contributed by atoms with van der Waals surface area (Å²) in [6, 6.07) is 9.75. The van der Waals surface area contributed by atoms with Crippen LogP contribution in [0.2, 0.25) is 0 Å². The summed E-state index contributed by atoms with van der Waals surface area (Å²) in [4.78, 5) is 16.7. The van der Waals surface area contributed by atoms with Crippen LogP contribution in [0.4, 0.5) is 0 Å². The second-order valence-electron chi connectivity index (χ2n) is 5.97. The van der Waals surface area contributed by atoms with Gasteiger partial charge >= 0.3 is 0 Å². The molecule has 0 bridgehead atoms. The molecule has 1 fully saturated rings. The Bertz CT molecular complexity index is 759. The number of nitrogens with zero attached hydrogens (tertiary/aromatic N) is 2. The van der Waals surface area contributed by atoms with E-state index >= 15 is 0 Å². The Morgan fingerprint density at radius 3 is 2.91 bits per heavy atom. The normalized spacial score (nSPS) is 15.8. The molecule has 1 aliphatic rings. The maximum Gasteiger partial charge on any atom is 0.255 e. The maximum atomic E-state index is 12.3. The molecule has 0 spiro atoms. The minimum Gasteiger partial charge on any atom is -0.370 e. The molecule has 0 aliphatic heterocycles. The standard InChI is InChI=1S/C17H22N4O/c1-21-15-8-3-2-7-13(15)9-14(16(21)22)11-20-17(18)19-10-12-5-4-6-12/h2-3,7-9,12H,4-6,10-11H2,1H3,(H3,18,19,20). The monoisotopic (exact) mass is 298 g/mol. The van der Waals surface area contributed by atoms with Crippen LogP contribution in [0.3, 0.4) is 0 Å². The number of hydrogen-bond acceptors (Lipinski definition) is 2. The van der Waals surface area contributed by atoms with Crippen LogP contribution in [0.5, 0.6) is 0 Å². The van der Waals surface area contributed by atoms with Gasteiger partial charge in [-0.3, -0.25) is 4.79 Å². The van der Waals surface area contributed by atoms with E-state index in [9.17, 15) is 4.79 Å². The molecule has 0 unspecified atom stereocenters. The third-order valence-electron chi connectivity index (χ3n) is 4.42. The first-order valence-corrected chi connectivity index (χ1v) is 7.76. The lowest BCUT2D eigenvalue weighted by molar-refractivity contribution is 0.315. The quantitative estimate of drug-likeness (QED) is 0.667. The Kier molecular flexibility index (Phi) is 4.13. The molecule has 3 N–H and O–H groups in total. The Labute approximate surface area is 129 Å². The number of nitrogens with two attached hydrogens (primary N) is 1. The zero-order chi connectivity index (χ0) is 15.5. The molecule has 1 aromatic heterocycles. The van der Waals surface area contributed by atoms with Crippen molar-refractivity contribution in [3.05, 3.63) is 46.2 Å². The second kappa shape index (κ2) is 6.22. The highest BCUT2D eigenvalue weighted by Crippen LogP contribution is 2.24. The van der Waals surface area contributed by atoms with Crippen molar-refractivity contribution in [2.45, 2.75) is 25.8 Å². The van der Waals surface area contributed by atoms with Gasteiger partial charge in [0.2, 0.25) is 0 Å². The van der Waals surface area contributed by atoms with Crippen LogP contribution < -0.4 is 16.6 Å². The minimum absolute atomic E-state index is 0.0192. The summed E-state index contributed by atoms with van der Waals surface area (Å²) in [5, 5.41) is 4.18. The number of benzene rings is 1. The molecule has 1 saturated carbocycles. The maximum absolute atomic E-state index is 12.3. The fourth-order valence-electron chi connectivity index (χ4n) is 2.77. The number of pyridine rings is 1. The van der Waals surface area contributed by atoms with Gasteiger partial charge in [-0.2, -0.15) is 0 Å². The van der Waals surface area contributed by atoms with E-state index < -0.39 is 0 Å².